The molecule has 1 saturated heterocycles. The molecule has 1 aromatic carbocycles. The van der Waals surface area contributed by atoms with Crippen molar-refractivity contribution < 1.29 is 18.8 Å². The first kappa shape index (κ1) is 24.1. The zero-order valence-electron chi connectivity index (χ0n) is 18.8. The van der Waals surface area contributed by atoms with Gasteiger partial charge in [0.25, 0.3) is 0 Å². The molecule has 0 bridgehead atoms. The zero-order chi connectivity index (χ0) is 22.9. The third kappa shape index (κ3) is 7.54. The quantitative estimate of drug-likeness (QED) is 0.552. The number of ether oxygens (including phenoxy) is 1. The number of piperazine rings is 1. The molecule has 10 heteroatoms. The van der Waals surface area contributed by atoms with Crippen LogP contribution < -0.4 is 15.4 Å². The smallest absolute Gasteiger partial charge is 0.235 e. The maximum Gasteiger partial charge on any atom is 0.235 e. The van der Waals surface area contributed by atoms with E-state index in [0.717, 1.165) is 44.0 Å². The molecule has 174 valence electrons. The van der Waals surface area contributed by atoms with Gasteiger partial charge < -0.3 is 24.8 Å². The van der Waals surface area contributed by atoms with Crippen molar-refractivity contribution in [3.63, 3.8) is 0 Å². The highest BCUT2D eigenvalue weighted by molar-refractivity contribution is 8.00. The van der Waals surface area contributed by atoms with Crippen LogP contribution >= 0.6 is 11.8 Å². The first-order valence-corrected chi connectivity index (χ1v) is 11.7. The van der Waals surface area contributed by atoms with Crippen molar-refractivity contribution in [2.45, 2.75) is 13.0 Å². The van der Waals surface area contributed by atoms with Gasteiger partial charge in [0.05, 0.1) is 24.7 Å². The number of aromatic nitrogens is 1. The van der Waals surface area contributed by atoms with Gasteiger partial charge in [0.1, 0.15) is 11.5 Å². The Morgan fingerprint density at radius 1 is 1.16 bits per heavy atom. The number of likely N-dealkylation sites (N-methyl/N-ethyl adjacent to an activating group) is 1. The van der Waals surface area contributed by atoms with Crippen LogP contribution in [-0.2, 0) is 9.59 Å². The number of carbonyl (C=O) groups is 2. The van der Waals surface area contributed by atoms with Gasteiger partial charge in [-0.25, -0.2) is 0 Å². The van der Waals surface area contributed by atoms with E-state index in [1.165, 1.54) is 11.8 Å². The first-order chi connectivity index (χ1) is 15.4. The third-order valence-corrected chi connectivity index (χ3v) is 6.18. The number of rotatable bonds is 10. The van der Waals surface area contributed by atoms with Crippen molar-refractivity contribution >= 4 is 29.4 Å². The van der Waals surface area contributed by atoms with Crippen LogP contribution in [0, 0.1) is 6.92 Å². The Morgan fingerprint density at radius 3 is 2.47 bits per heavy atom. The summed E-state index contributed by atoms with van der Waals surface area (Å²) in [6, 6.07) is 9.30. The monoisotopic (exact) mass is 461 g/mol. The minimum Gasteiger partial charge on any atom is -0.497 e. The van der Waals surface area contributed by atoms with E-state index in [9.17, 15) is 9.59 Å². The highest BCUT2D eigenvalue weighted by Gasteiger charge is 2.21. The molecule has 1 fully saturated rings. The predicted octanol–water partition coefficient (Wildman–Crippen LogP) is 1.77. The van der Waals surface area contributed by atoms with Crippen molar-refractivity contribution in [3.8, 4) is 5.75 Å². The van der Waals surface area contributed by atoms with Gasteiger partial charge in [0.2, 0.25) is 11.8 Å². The molecule has 2 aromatic rings. The molecule has 1 aromatic heterocycles. The Labute approximate surface area is 192 Å². The van der Waals surface area contributed by atoms with E-state index in [1.54, 1.807) is 20.1 Å². The van der Waals surface area contributed by atoms with E-state index < -0.39 is 0 Å². The number of thioether (sulfide) groups is 1. The highest BCUT2D eigenvalue weighted by Crippen LogP contribution is 2.20. The molecule has 2 heterocycles. The highest BCUT2D eigenvalue weighted by atomic mass is 32.2. The van der Waals surface area contributed by atoms with E-state index in [4.69, 9.17) is 9.26 Å². The number of hydrogen-bond donors (Lipinski definition) is 2. The van der Waals surface area contributed by atoms with Gasteiger partial charge in [0.15, 0.2) is 5.82 Å². The minimum atomic E-state index is -0.222. The average molecular weight is 462 g/mol. The number of carbonyl (C=O) groups excluding carboxylic acids is 2. The Balaban J connectivity index is 1.51. The van der Waals surface area contributed by atoms with Gasteiger partial charge in [-0.05, 0) is 31.7 Å². The molecule has 0 spiro atoms. The number of amides is 2. The number of aryl methyl sites for hydroxylation is 1. The summed E-state index contributed by atoms with van der Waals surface area (Å²) in [5, 5.41) is 9.53. The summed E-state index contributed by atoms with van der Waals surface area (Å²) < 4.78 is 10.2. The lowest BCUT2D eigenvalue weighted by Crippen LogP contribution is -2.48. The summed E-state index contributed by atoms with van der Waals surface area (Å²) in [6.45, 7) is 6.45. The summed E-state index contributed by atoms with van der Waals surface area (Å²) in [6.07, 6.45) is 0. The fraction of sp³-hybridized carbons (Fsp3) is 0.500. The van der Waals surface area contributed by atoms with Crippen LogP contribution in [0.25, 0.3) is 0 Å². The Morgan fingerprint density at radius 2 is 1.84 bits per heavy atom. The number of nitrogens with zero attached hydrogens (tertiary/aromatic N) is 3. The lowest BCUT2D eigenvalue weighted by atomic mass is 10.1. The normalized spacial score (nSPS) is 15.8. The lowest BCUT2D eigenvalue weighted by molar-refractivity contribution is -0.119. The largest absolute Gasteiger partial charge is 0.497 e. The van der Waals surface area contributed by atoms with Crippen molar-refractivity contribution in [2.24, 2.45) is 0 Å². The van der Waals surface area contributed by atoms with Gasteiger partial charge >= 0.3 is 0 Å². The molecule has 2 N–H and O–H groups in total. The Bertz CT molecular complexity index is 881. The van der Waals surface area contributed by atoms with Gasteiger partial charge in [-0.3, -0.25) is 14.5 Å². The summed E-state index contributed by atoms with van der Waals surface area (Å²) in [4.78, 5) is 29.3. The van der Waals surface area contributed by atoms with E-state index >= 15 is 0 Å². The van der Waals surface area contributed by atoms with Crippen LogP contribution in [0.4, 0.5) is 5.82 Å². The van der Waals surface area contributed by atoms with Crippen LogP contribution in [0.1, 0.15) is 17.4 Å². The van der Waals surface area contributed by atoms with E-state index in [0.29, 0.717) is 11.6 Å². The van der Waals surface area contributed by atoms with Gasteiger partial charge in [0, 0.05) is 38.8 Å². The SMILES string of the molecule is COc1ccc(C(CN2CCN(C)CC2)NC(=O)CSCC(=O)Nc2cc(C)on2)cc1. The van der Waals surface area contributed by atoms with Crippen LogP contribution in [0.3, 0.4) is 0 Å². The molecule has 1 atom stereocenters. The van der Waals surface area contributed by atoms with E-state index in [1.807, 2.05) is 24.3 Å². The molecule has 1 aliphatic rings. The number of nitrogens with one attached hydrogen (secondary N) is 2. The number of hydrogen-bond acceptors (Lipinski definition) is 8. The van der Waals surface area contributed by atoms with E-state index in [2.05, 4.69) is 32.6 Å². The number of benzene rings is 1. The lowest BCUT2D eigenvalue weighted by Gasteiger charge is -2.35. The zero-order valence-corrected chi connectivity index (χ0v) is 19.6. The molecule has 3 rings (SSSR count). The summed E-state index contributed by atoms with van der Waals surface area (Å²) in [5.74, 6) is 1.81. The second-order valence-electron chi connectivity index (χ2n) is 7.86. The molecular formula is C22H31N5O4S. The maximum absolute atomic E-state index is 12.6. The fourth-order valence-electron chi connectivity index (χ4n) is 3.44. The second kappa shape index (κ2) is 11.9. The fourth-order valence-corrected chi connectivity index (χ4v) is 4.06. The van der Waals surface area contributed by atoms with Crippen molar-refractivity contribution in [1.82, 2.24) is 20.3 Å². The summed E-state index contributed by atoms with van der Waals surface area (Å²) in [5.41, 5.74) is 1.03. The summed E-state index contributed by atoms with van der Waals surface area (Å²) >= 11 is 1.26. The Hall–Kier alpha value is -2.56. The van der Waals surface area contributed by atoms with Crippen molar-refractivity contribution in [2.75, 3.05) is 63.7 Å². The molecule has 0 radical (unpaired) electrons. The minimum absolute atomic E-state index is 0.102. The standard InChI is InChI=1S/C22H31N5O4S/c1-16-12-20(25-31-16)24-22(29)15-32-14-21(28)23-19(13-27-10-8-26(2)9-11-27)17-4-6-18(30-3)7-5-17/h4-7,12,19H,8-11,13-15H2,1-3H3,(H,23,28)(H,24,25,29). The van der Waals surface area contributed by atoms with Gasteiger partial charge in [-0.1, -0.05) is 17.3 Å². The number of methoxy groups -OCH3 is 1. The maximum atomic E-state index is 12.6. The summed E-state index contributed by atoms with van der Waals surface area (Å²) in [7, 11) is 3.76. The first-order valence-electron chi connectivity index (χ1n) is 10.6. The molecular weight excluding hydrogens is 430 g/mol. The van der Waals surface area contributed by atoms with Crippen molar-refractivity contribution in [1.29, 1.82) is 0 Å². The van der Waals surface area contributed by atoms with E-state index in [-0.39, 0.29) is 29.4 Å². The molecule has 1 unspecified atom stereocenters. The Kier molecular flexibility index (Phi) is 8.95. The van der Waals surface area contributed by atoms with Crippen LogP contribution in [0.5, 0.6) is 5.75 Å². The molecule has 1 aliphatic heterocycles. The number of anilines is 1. The van der Waals surface area contributed by atoms with Crippen molar-refractivity contribution in [3.05, 3.63) is 41.7 Å². The van der Waals surface area contributed by atoms with Crippen LogP contribution in [-0.4, -0.2) is 85.2 Å². The molecule has 0 aliphatic carbocycles. The molecule has 2 amide bonds. The third-order valence-electron chi connectivity index (χ3n) is 5.25. The predicted molar refractivity (Wildman–Crippen MR) is 125 cm³/mol. The van der Waals surface area contributed by atoms with Crippen LogP contribution in [0.2, 0.25) is 0 Å². The molecule has 9 nitrogen and oxygen atoms in total. The van der Waals surface area contributed by atoms with Crippen LogP contribution in [0.15, 0.2) is 34.9 Å². The topological polar surface area (TPSA) is 99.9 Å². The molecule has 0 saturated carbocycles. The average Bonchev–Trinajstić information content (AvgIpc) is 3.19. The second-order valence-corrected chi connectivity index (χ2v) is 8.85. The van der Waals surface area contributed by atoms with Gasteiger partial charge in [-0.2, -0.15) is 0 Å². The molecule has 32 heavy (non-hydrogen) atoms. The van der Waals surface area contributed by atoms with Gasteiger partial charge in [-0.15, -0.1) is 11.8 Å².